The van der Waals surface area contributed by atoms with Crippen LogP contribution in [0.2, 0.25) is 0 Å². The third-order valence-electron chi connectivity index (χ3n) is 8.69. The first kappa shape index (κ1) is 41.9. The van der Waals surface area contributed by atoms with Gasteiger partial charge in [0.1, 0.15) is 28.5 Å². The number of nitrogens with zero attached hydrogens (tertiary/aromatic N) is 2. The highest BCUT2D eigenvalue weighted by Crippen LogP contribution is 2.36. The van der Waals surface area contributed by atoms with Crippen molar-refractivity contribution in [3.05, 3.63) is 51.7 Å². The number of hydrogen-bond acceptors (Lipinski definition) is 9. The third-order valence-corrected chi connectivity index (χ3v) is 9.89. The highest BCUT2D eigenvalue weighted by molar-refractivity contribution is 7.18. The minimum Gasteiger partial charge on any atom is -0.465 e. The summed E-state index contributed by atoms with van der Waals surface area (Å²) < 4.78 is 23.8. The van der Waals surface area contributed by atoms with E-state index in [1.165, 1.54) is 31.4 Å². The molecule has 0 bridgehead atoms. The van der Waals surface area contributed by atoms with Crippen molar-refractivity contribution in [3.8, 4) is 0 Å². The van der Waals surface area contributed by atoms with E-state index in [2.05, 4.69) is 16.0 Å². The van der Waals surface area contributed by atoms with Crippen molar-refractivity contribution in [2.45, 2.75) is 92.3 Å². The van der Waals surface area contributed by atoms with Gasteiger partial charge in [-0.05, 0) is 69.2 Å². The van der Waals surface area contributed by atoms with E-state index < -0.39 is 53.3 Å². The molecule has 2 aromatic rings. The van der Waals surface area contributed by atoms with Crippen LogP contribution >= 0.6 is 11.3 Å². The van der Waals surface area contributed by atoms with Crippen LogP contribution in [0.1, 0.15) is 98.9 Å². The van der Waals surface area contributed by atoms with Crippen molar-refractivity contribution in [1.29, 1.82) is 0 Å². The number of carbonyl (C=O) groups excluding carboxylic acids is 6. The number of ether oxygens (including phenoxy) is 2. The Morgan fingerprint density at radius 1 is 0.865 bits per heavy atom. The molecule has 5 amide bonds. The fourth-order valence-electron chi connectivity index (χ4n) is 5.82. The molecule has 52 heavy (non-hydrogen) atoms. The van der Waals surface area contributed by atoms with Gasteiger partial charge in [0.2, 0.25) is 17.7 Å². The second kappa shape index (κ2) is 17.8. The van der Waals surface area contributed by atoms with Gasteiger partial charge in [-0.15, -0.1) is 11.3 Å². The Kier molecular flexibility index (Phi) is 14.3. The normalized spacial score (nSPS) is 15.1. The zero-order chi connectivity index (χ0) is 39.1. The minimum absolute atomic E-state index is 0.0725. The summed E-state index contributed by atoms with van der Waals surface area (Å²) in [6, 6.07) is 3.80. The van der Waals surface area contributed by atoms with Crippen LogP contribution in [0, 0.1) is 24.6 Å². The smallest absolute Gasteiger partial charge is 0.408 e. The average Bonchev–Trinajstić information content (AvgIpc) is 3.39. The predicted octanol–water partition coefficient (Wildman–Crippen LogP) is 5.09. The van der Waals surface area contributed by atoms with Gasteiger partial charge in [0, 0.05) is 26.2 Å². The maximum Gasteiger partial charge on any atom is 0.408 e. The largest absolute Gasteiger partial charge is 0.465 e. The molecule has 15 heteroatoms. The number of hydrogen-bond donors (Lipinski definition) is 3. The van der Waals surface area contributed by atoms with Crippen molar-refractivity contribution in [3.63, 3.8) is 0 Å². The van der Waals surface area contributed by atoms with Crippen LogP contribution in [0.4, 0.5) is 14.2 Å². The molecule has 2 heterocycles. The summed E-state index contributed by atoms with van der Waals surface area (Å²) in [7, 11) is 1.21. The van der Waals surface area contributed by atoms with Gasteiger partial charge in [0.25, 0.3) is 5.91 Å². The zero-order valence-electron chi connectivity index (χ0n) is 31.7. The van der Waals surface area contributed by atoms with Crippen molar-refractivity contribution in [1.82, 2.24) is 20.4 Å². The molecule has 1 saturated heterocycles. The first-order valence-electron chi connectivity index (χ1n) is 17.4. The lowest BCUT2D eigenvalue weighted by Gasteiger charge is -2.37. The summed E-state index contributed by atoms with van der Waals surface area (Å²) in [5.41, 5.74) is 0.280. The van der Waals surface area contributed by atoms with Gasteiger partial charge in [0.05, 0.1) is 23.5 Å². The number of thiophene rings is 1. The molecule has 1 aliphatic rings. The van der Waals surface area contributed by atoms with Crippen molar-refractivity contribution < 1.29 is 42.6 Å². The maximum atomic E-state index is 13.8. The highest BCUT2D eigenvalue weighted by Gasteiger charge is 2.36. The van der Waals surface area contributed by atoms with Crippen LogP contribution in [-0.2, 0) is 23.9 Å². The number of carbonyl (C=O) groups is 6. The number of piperazine rings is 1. The number of esters is 1. The second-order valence-electron chi connectivity index (χ2n) is 14.5. The van der Waals surface area contributed by atoms with Crippen LogP contribution in [0.3, 0.4) is 0 Å². The molecule has 13 nitrogen and oxygen atoms in total. The molecule has 3 rings (SSSR count). The molecule has 286 valence electrons. The van der Waals surface area contributed by atoms with Crippen LogP contribution in [-0.4, -0.2) is 96.5 Å². The molecule has 1 aromatic carbocycles. The molecule has 1 aliphatic heterocycles. The van der Waals surface area contributed by atoms with E-state index in [1.807, 2.05) is 20.8 Å². The molecule has 1 fully saturated rings. The Bertz CT molecular complexity index is 1630. The minimum atomic E-state index is -0.937. The Hall–Kier alpha value is -4.53. The monoisotopic (exact) mass is 745 g/mol. The second-order valence-corrected chi connectivity index (χ2v) is 15.5. The van der Waals surface area contributed by atoms with Gasteiger partial charge < -0.3 is 35.2 Å². The quantitative estimate of drug-likeness (QED) is 0.253. The molecule has 1 aromatic heterocycles. The molecule has 0 radical (unpaired) electrons. The molecule has 1 unspecified atom stereocenters. The maximum absolute atomic E-state index is 13.8. The lowest BCUT2D eigenvalue weighted by Crippen LogP contribution is -2.60. The van der Waals surface area contributed by atoms with Gasteiger partial charge in [-0.25, -0.2) is 14.0 Å². The fraction of sp³-hybridized carbons (Fsp3) is 0.568. The molecule has 0 aliphatic carbocycles. The number of benzene rings is 1. The van der Waals surface area contributed by atoms with Crippen molar-refractivity contribution in [2.75, 3.05) is 38.6 Å². The zero-order valence-corrected chi connectivity index (χ0v) is 32.5. The topological polar surface area (TPSA) is 163 Å². The summed E-state index contributed by atoms with van der Waals surface area (Å²) in [6.07, 6.45) is -0.328. The molecular weight excluding hydrogens is 693 g/mol. The molecule has 0 spiro atoms. The van der Waals surface area contributed by atoms with E-state index in [0.29, 0.717) is 17.5 Å². The molecular formula is C37H52FN5O8S. The van der Waals surface area contributed by atoms with Crippen LogP contribution < -0.4 is 16.0 Å². The number of nitrogens with one attached hydrogen (secondary N) is 3. The van der Waals surface area contributed by atoms with Crippen molar-refractivity contribution in [2.24, 2.45) is 11.8 Å². The SMILES string of the molecule is CCC(C(=O)Nc1sc(C(=O)N2CCN(C(=O)[C@H](NC(=O)[C@H](NC(=O)OC(C)(C)C)C(C)C)C(C)C)CC2)c(C)c1C(=O)OC)c1ccc(F)cc1. The van der Waals surface area contributed by atoms with Crippen LogP contribution in [0.15, 0.2) is 24.3 Å². The fourth-order valence-corrected chi connectivity index (χ4v) is 6.98. The number of amides is 5. The van der Waals surface area contributed by atoms with Gasteiger partial charge >= 0.3 is 12.1 Å². The Labute approximate surface area is 309 Å². The van der Waals surface area contributed by atoms with Gasteiger partial charge in [-0.2, -0.15) is 0 Å². The lowest BCUT2D eigenvalue weighted by atomic mass is 9.95. The Morgan fingerprint density at radius 2 is 1.42 bits per heavy atom. The number of alkyl carbamates (subject to hydrolysis) is 1. The Balaban J connectivity index is 1.73. The molecule has 0 saturated carbocycles. The van der Waals surface area contributed by atoms with E-state index in [0.717, 1.165) is 11.3 Å². The highest BCUT2D eigenvalue weighted by atomic mass is 32.1. The first-order chi connectivity index (χ1) is 24.3. The number of anilines is 1. The molecule has 3 atom stereocenters. The standard InChI is InChI=1S/C37H52FN5O8S/c1-11-25(23-12-14-24(38)15-13-23)30(44)41-32-26(35(48)50-10)22(6)29(52-32)34(47)43-18-16-42(17-19-43)33(46)28(21(4)5)39-31(45)27(20(2)3)40-36(49)51-37(7,8)9/h12-15,20-21,25,27-28H,11,16-19H2,1-10H3,(H,39,45)(H,40,49)(H,41,44)/t25?,27-,28-/m1/s1. The summed E-state index contributed by atoms with van der Waals surface area (Å²) in [5.74, 6) is -3.95. The van der Waals surface area contributed by atoms with E-state index >= 15 is 0 Å². The summed E-state index contributed by atoms with van der Waals surface area (Å²) >= 11 is 0.969. The van der Waals surface area contributed by atoms with E-state index in [1.54, 1.807) is 51.3 Å². The van der Waals surface area contributed by atoms with Crippen LogP contribution in [0.25, 0.3) is 0 Å². The van der Waals surface area contributed by atoms with E-state index in [9.17, 15) is 33.2 Å². The van der Waals surface area contributed by atoms with Crippen LogP contribution in [0.5, 0.6) is 0 Å². The number of methoxy groups -OCH3 is 1. The first-order valence-corrected chi connectivity index (χ1v) is 18.3. The number of halogens is 1. The number of rotatable bonds is 12. The average molecular weight is 746 g/mol. The molecule has 3 N–H and O–H groups in total. The Morgan fingerprint density at radius 3 is 1.92 bits per heavy atom. The summed E-state index contributed by atoms with van der Waals surface area (Å²) in [4.78, 5) is 83.0. The van der Waals surface area contributed by atoms with Gasteiger partial charge in [0.15, 0.2) is 0 Å². The summed E-state index contributed by atoms with van der Waals surface area (Å²) in [6.45, 7) is 16.5. The lowest BCUT2D eigenvalue weighted by molar-refractivity contribution is -0.139. The third kappa shape index (κ3) is 10.5. The summed E-state index contributed by atoms with van der Waals surface area (Å²) in [5, 5.41) is 8.40. The van der Waals surface area contributed by atoms with Gasteiger partial charge in [-0.3, -0.25) is 19.2 Å². The van der Waals surface area contributed by atoms with E-state index in [-0.39, 0.29) is 65.3 Å². The van der Waals surface area contributed by atoms with Crippen molar-refractivity contribution >= 4 is 52.0 Å². The predicted molar refractivity (Wildman–Crippen MR) is 196 cm³/mol. The van der Waals surface area contributed by atoms with E-state index in [4.69, 9.17) is 9.47 Å². The van der Waals surface area contributed by atoms with Gasteiger partial charge in [-0.1, -0.05) is 46.8 Å².